The zero-order chi connectivity index (χ0) is 34.1. The van der Waals surface area contributed by atoms with Gasteiger partial charge in [-0.15, -0.1) is 0 Å². The van der Waals surface area contributed by atoms with E-state index in [9.17, 15) is 23.5 Å². The van der Waals surface area contributed by atoms with Gasteiger partial charge in [-0.25, -0.2) is 9.97 Å². The third-order valence-electron chi connectivity index (χ3n) is 9.66. The van der Waals surface area contributed by atoms with Crippen molar-refractivity contribution in [2.24, 2.45) is 0 Å². The average molecular weight is 681 g/mol. The molecule has 2 N–H and O–H groups in total. The number of nitrogens with zero attached hydrogens (tertiary/aromatic N) is 7. The molecular weight excluding hydrogens is 638 g/mol. The predicted octanol–water partition coefficient (Wildman–Crippen LogP) is 6.47. The number of anilines is 1. The van der Waals surface area contributed by atoms with E-state index >= 15 is 0 Å². The van der Waals surface area contributed by atoms with Gasteiger partial charge >= 0.3 is 6.18 Å². The lowest BCUT2D eigenvalue weighted by Crippen LogP contribution is -2.58. The maximum absolute atomic E-state index is 13.3. The van der Waals surface area contributed by atoms with Crippen molar-refractivity contribution in [3.63, 3.8) is 0 Å². The van der Waals surface area contributed by atoms with Crippen LogP contribution in [0.25, 0.3) is 22.2 Å². The molecule has 0 amide bonds. The Morgan fingerprint density at radius 3 is 2.62 bits per heavy atom. The van der Waals surface area contributed by atoms with E-state index in [4.69, 9.17) is 9.84 Å². The maximum atomic E-state index is 13.3. The van der Waals surface area contributed by atoms with Crippen molar-refractivity contribution in [1.82, 2.24) is 29.2 Å². The normalized spacial score (nSPS) is 20.9. The number of fused-ring (bicyclic) bond motifs is 1. The van der Waals surface area contributed by atoms with Gasteiger partial charge in [0.25, 0.3) is 0 Å². The number of hydrogen-bond acceptors (Lipinski definition) is 8. The second-order valence-electron chi connectivity index (χ2n) is 14.4. The Kier molecular flexibility index (Phi) is 9.68. The van der Waals surface area contributed by atoms with Crippen LogP contribution in [0.3, 0.4) is 0 Å². The fourth-order valence-corrected chi connectivity index (χ4v) is 7.62. The largest absolute Gasteiger partial charge is 0.433 e. The fourth-order valence-electron chi connectivity index (χ4n) is 6.86. The summed E-state index contributed by atoms with van der Waals surface area (Å²) in [6.07, 6.45) is 6.60. The second-order valence-corrected chi connectivity index (χ2v) is 20.0. The van der Waals surface area contributed by atoms with Gasteiger partial charge in [-0.1, -0.05) is 19.6 Å². The first-order chi connectivity index (χ1) is 22.9. The van der Waals surface area contributed by atoms with E-state index in [-0.39, 0.29) is 17.4 Å². The first-order valence-corrected chi connectivity index (χ1v) is 20.2. The van der Waals surface area contributed by atoms with Crippen LogP contribution in [0.4, 0.5) is 19.0 Å². The Morgan fingerprint density at radius 2 is 1.94 bits per heavy atom. The number of aliphatic hydroxyl groups is 1. The molecule has 1 aliphatic carbocycles. The number of ether oxygens (including phenoxy) is 1. The highest BCUT2D eigenvalue weighted by molar-refractivity contribution is 6.76. The number of piperidine rings is 1. The summed E-state index contributed by atoms with van der Waals surface area (Å²) in [6, 6.07) is 10.2. The molecule has 0 unspecified atom stereocenters. The minimum absolute atomic E-state index is 0.0230. The van der Waals surface area contributed by atoms with E-state index in [2.05, 4.69) is 52.0 Å². The van der Waals surface area contributed by atoms with Gasteiger partial charge in [0.15, 0.2) is 0 Å². The Labute approximate surface area is 279 Å². The molecule has 0 atom stereocenters. The highest BCUT2D eigenvalue weighted by atomic mass is 28.3. The maximum Gasteiger partial charge on any atom is 0.433 e. The molecule has 0 aromatic carbocycles. The first kappa shape index (κ1) is 34.1. The van der Waals surface area contributed by atoms with Crippen LogP contribution in [0.15, 0.2) is 49.1 Å². The monoisotopic (exact) mass is 680 g/mol. The molecule has 1 aliphatic heterocycles. The Morgan fingerprint density at radius 1 is 1.17 bits per heavy atom. The van der Waals surface area contributed by atoms with Crippen molar-refractivity contribution in [2.45, 2.75) is 94.9 Å². The van der Waals surface area contributed by atoms with E-state index in [1.54, 1.807) is 0 Å². The molecule has 1 saturated heterocycles. The number of nitrogens with one attached hydrogen (secondary N) is 1. The van der Waals surface area contributed by atoms with Gasteiger partial charge in [0.2, 0.25) is 0 Å². The minimum atomic E-state index is -4.58. The summed E-state index contributed by atoms with van der Waals surface area (Å²) in [6.45, 7) is 9.29. The highest BCUT2D eigenvalue weighted by Gasteiger charge is 2.49. The topological polar surface area (TPSA) is 117 Å². The van der Waals surface area contributed by atoms with E-state index in [1.165, 1.54) is 6.07 Å². The molecule has 48 heavy (non-hydrogen) atoms. The van der Waals surface area contributed by atoms with Gasteiger partial charge in [-0.3, -0.25) is 4.68 Å². The van der Waals surface area contributed by atoms with Crippen molar-refractivity contribution in [1.29, 1.82) is 5.26 Å². The van der Waals surface area contributed by atoms with Gasteiger partial charge in [0.05, 0.1) is 30.8 Å². The number of alkyl halides is 3. The zero-order valence-corrected chi connectivity index (χ0v) is 28.7. The molecule has 0 spiro atoms. The number of rotatable bonds is 12. The molecule has 1 saturated carbocycles. The van der Waals surface area contributed by atoms with Crippen LogP contribution in [0.1, 0.15) is 43.4 Å². The summed E-state index contributed by atoms with van der Waals surface area (Å²) in [7, 11) is -1.17. The van der Waals surface area contributed by atoms with Gasteiger partial charge < -0.3 is 24.6 Å². The van der Waals surface area contributed by atoms with Gasteiger partial charge in [0, 0.05) is 69.4 Å². The Bertz CT molecular complexity index is 1760. The van der Waals surface area contributed by atoms with Crippen molar-refractivity contribution in [2.75, 3.05) is 25.0 Å². The summed E-state index contributed by atoms with van der Waals surface area (Å²) in [5, 5.41) is 28.2. The van der Waals surface area contributed by atoms with Crippen LogP contribution in [-0.4, -0.2) is 74.2 Å². The van der Waals surface area contributed by atoms with E-state index in [0.29, 0.717) is 19.2 Å². The molecule has 0 bridgehead atoms. The summed E-state index contributed by atoms with van der Waals surface area (Å²) in [4.78, 5) is 10.8. The fraction of sp³-hybridized carbons (Fsp3) is 0.529. The number of hydrogen-bond donors (Lipinski definition) is 2. The molecule has 10 nitrogen and oxygen atoms in total. The van der Waals surface area contributed by atoms with Crippen molar-refractivity contribution in [3.8, 4) is 17.2 Å². The molecule has 4 aromatic rings. The molecule has 0 radical (unpaired) electrons. The third kappa shape index (κ3) is 7.44. The number of pyridine rings is 2. The van der Waals surface area contributed by atoms with E-state index in [0.717, 1.165) is 79.7 Å². The second kappa shape index (κ2) is 13.6. The SMILES string of the molecule is C[Si](C)(C)CCOCn1ccc2c(-c3cnn([C@]4(CC#N)C[C@@H](N5CCC(Nc6cc(CO)cc(C(F)(F)F)n6)CC5)C4)c3)ccnc21. The molecular formula is C34H43F3N8O2Si. The summed E-state index contributed by atoms with van der Waals surface area (Å²) in [5.74, 6) is 0.132. The number of nitriles is 1. The lowest BCUT2D eigenvalue weighted by Gasteiger charge is -2.52. The smallest absolute Gasteiger partial charge is 0.392 e. The summed E-state index contributed by atoms with van der Waals surface area (Å²) < 4.78 is 49.9. The summed E-state index contributed by atoms with van der Waals surface area (Å²) >= 11 is 0. The Balaban J connectivity index is 1.08. The van der Waals surface area contributed by atoms with Crippen molar-refractivity contribution < 1.29 is 23.0 Å². The van der Waals surface area contributed by atoms with Gasteiger partial charge in [-0.2, -0.15) is 23.5 Å². The zero-order valence-electron chi connectivity index (χ0n) is 27.7. The first-order valence-electron chi connectivity index (χ1n) is 16.5. The van der Waals surface area contributed by atoms with E-state index in [1.807, 2.05) is 40.1 Å². The Hall–Kier alpha value is -3.77. The standard InChI is InChI=1S/C34H43F3N8O2Si/c1-48(2,3)15-14-47-23-44-13-7-29-28(4-10-39-32(29)44)25-20-40-45(21-25)33(8-9-38)18-27(19-33)43-11-5-26(6-12-43)41-31-17-24(22-46)16-30(42-31)34(35,36)37/h4,7,10,13,16-17,20-21,26-27,46H,5-6,8,11-12,14-15,18-19,22-23H2,1-3H3,(H,41,42)/t27-,33-. The van der Waals surface area contributed by atoms with Crippen molar-refractivity contribution >= 4 is 24.9 Å². The number of aliphatic hydroxyl groups excluding tert-OH is 1. The number of likely N-dealkylation sites (tertiary alicyclic amines) is 1. The van der Waals surface area contributed by atoms with Crippen molar-refractivity contribution in [3.05, 3.63) is 60.3 Å². The highest BCUT2D eigenvalue weighted by Crippen LogP contribution is 2.46. The number of aromatic nitrogens is 5. The third-order valence-corrected chi connectivity index (χ3v) is 11.4. The van der Waals surface area contributed by atoms with E-state index < -0.39 is 32.1 Å². The minimum Gasteiger partial charge on any atom is -0.392 e. The molecule has 5 heterocycles. The van der Waals surface area contributed by atoms with Gasteiger partial charge in [-0.05, 0) is 67.1 Å². The molecule has 6 rings (SSSR count). The van der Waals surface area contributed by atoms with Crippen LogP contribution >= 0.6 is 0 Å². The van der Waals surface area contributed by atoms with Crippen LogP contribution in [0, 0.1) is 11.3 Å². The lowest BCUT2D eigenvalue weighted by molar-refractivity contribution is -0.141. The predicted molar refractivity (Wildman–Crippen MR) is 180 cm³/mol. The van der Waals surface area contributed by atoms with Gasteiger partial charge in [0.1, 0.15) is 23.9 Å². The summed E-state index contributed by atoms with van der Waals surface area (Å²) in [5.41, 5.74) is 1.64. The van der Waals surface area contributed by atoms with Crippen LogP contribution < -0.4 is 5.32 Å². The van der Waals surface area contributed by atoms with Crippen LogP contribution in [-0.2, 0) is 29.8 Å². The molecule has 2 aliphatic rings. The quantitative estimate of drug-likeness (QED) is 0.129. The lowest BCUT2D eigenvalue weighted by atomic mass is 9.69. The average Bonchev–Trinajstić information content (AvgIpc) is 3.68. The molecule has 256 valence electrons. The van der Waals surface area contributed by atoms with Crippen LogP contribution in [0.5, 0.6) is 0 Å². The number of halogens is 3. The van der Waals surface area contributed by atoms with Crippen LogP contribution in [0.2, 0.25) is 25.7 Å². The molecule has 2 fully saturated rings. The molecule has 4 aromatic heterocycles. The molecule has 14 heteroatoms.